The molecule has 3 N–H and O–H groups in total. The van der Waals surface area contributed by atoms with E-state index in [1.165, 1.54) is 4.90 Å². The van der Waals surface area contributed by atoms with Gasteiger partial charge in [0.25, 0.3) is 5.91 Å². The molecule has 0 saturated carbocycles. The molecule has 3 aromatic rings. The molecule has 2 atom stereocenters. The largest absolute Gasteiger partial charge is 0.444 e. The molecule has 0 aromatic heterocycles. The normalized spacial score (nSPS) is 12.6. The lowest BCUT2D eigenvalue weighted by atomic mass is 9.97. The van der Waals surface area contributed by atoms with Crippen LogP contribution in [0.4, 0.5) is 10.5 Å². The molecule has 0 aliphatic heterocycles. The molecule has 0 aliphatic rings. The maximum atomic E-state index is 14.1. The van der Waals surface area contributed by atoms with Crippen LogP contribution in [0.15, 0.2) is 66.7 Å². The van der Waals surface area contributed by atoms with Gasteiger partial charge in [-0.3, -0.25) is 9.59 Å². The maximum Gasteiger partial charge on any atom is 0.408 e. The Morgan fingerprint density at radius 3 is 2.34 bits per heavy atom. The summed E-state index contributed by atoms with van der Waals surface area (Å²) in [7, 11) is 0. The second-order valence-electron chi connectivity index (χ2n) is 10.8. The number of hydrogen-bond donors (Lipinski definition) is 3. The van der Waals surface area contributed by atoms with Crippen molar-refractivity contribution >= 4 is 34.4 Å². The van der Waals surface area contributed by atoms with E-state index in [2.05, 4.69) is 16.6 Å². The summed E-state index contributed by atoms with van der Waals surface area (Å²) in [5.41, 5.74) is 0.678. The second-order valence-corrected chi connectivity index (χ2v) is 10.8. The minimum absolute atomic E-state index is 0.202. The zero-order valence-electron chi connectivity index (χ0n) is 24.1. The van der Waals surface area contributed by atoms with E-state index in [1.54, 1.807) is 51.1 Å². The number of rotatable bonds is 11. The van der Waals surface area contributed by atoms with Crippen molar-refractivity contribution in [2.45, 2.75) is 64.6 Å². The van der Waals surface area contributed by atoms with Crippen LogP contribution in [0.2, 0.25) is 0 Å². The van der Waals surface area contributed by atoms with E-state index in [1.807, 2.05) is 43.3 Å². The summed E-state index contributed by atoms with van der Waals surface area (Å²) < 4.78 is 5.30. The Hall–Kier alpha value is -4.35. The molecule has 216 valence electrons. The Morgan fingerprint density at radius 2 is 1.68 bits per heavy atom. The van der Waals surface area contributed by atoms with Crippen LogP contribution in [0.25, 0.3) is 10.8 Å². The highest BCUT2D eigenvalue weighted by molar-refractivity contribution is 6.00. The number of aliphatic hydroxyl groups is 1. The monoisotopic (exact) mass is 557 g/mol. The molecule has 3 amide bonds. The molecule has 0 radical (unpaired) electrons. The third-order valence-corrected chi connectivity index (χ3v) is 6.45. The van der Waals surface area contributed by atoms with Crippen molar-refractivity contribution in [1.29, 1.82) is 0 Å². The third kappa shape index (κ3) is 8.57. The fourth-order valence-corrected chi connectivity index (χ4v) is 4.53. The van der Waals surface area contributed by atoms with E-state index in [9.17, 15) is 19.5 Å². The predicted molar refractivity (Wildman–Crippen MR) is 161 cm³/mol. The molecular weight excluding hydrogens is 518 g/mol. The van der Waals surface area contributed by atoms with Crippen LogP contribution in [0, 0.1) is 12.3 Å². The van der Waals surface area contributed by atoms with Crippen molar-refractivity contribution in [2.24, 2.45) is 0 Å². The van der Waals surface area contributed by atoms with Gasteiger partial charge in [-0.25, -0.2) is 4.79 Å². The van der Waals surface area contributed by atoms with Gasteiger partial charge in [-0.05, 0) is 61.7 Å². The molecule has 3 rings (SSSR count). The van der Waals surface area contributed by atoms with Gasteiger partial charge in [0.2, 0.25) is 5.91 Å². The van der Waals surface area contributed by atoms with Crippen molar-refractivity contribution in [2.75, 3.05) is 18.5 Å². The van der Waals surface area contributed by atoms with Crippen LogP contribution < -0.4 is 10.6 Å². The average Bonchev–Trinajstić information content (AvgIpc) is 2.94. The Morgan fingerprint density at radius 1 is 1.00 bits per heavy atom. The number of unbranched alkanes of at least 4 members (excludes halogenated alkanes) is 2. The fourth-order valence-electron chi connectivity index (χ4n) is 4.53. The van der Waals surface area contributed by atoms with Gasteiger partial charge in [-0.15, -0.1) is 6.42 Å². The third-order valence-electron chi connectivity index (χ3n) is 6.45. The lowest BCUT2D eigenvalue weighted by Crippen LogP contribution is -2.54. The molecule has 3 aromatic carbocycles. The molecular formula is C33H39N3O5. The van der Waals surface area contributed by atoms with E-state index in [-0.39, 0.29) is 6.54 Å². The van der Waals surface area contributed by atoms with Gasteiger partial charge in [0, 0.05) is 17.8 Å². The van der Waals surface area contributed by atoms with Gasteiger partial charge >= 0.3 is 6.09 Å². The highest BCUT2D eigenvalue weighted by Gasteiger charge is 2.37. The Kier molecular flexibility index (Phi) is 10.9. The predicted octanol–water partition coefficient (Wildman–Crippen LogP) is 5.41. The first-order chi connectivity index (χ1) is 19.6. The van der Waals surface area contributed by atoms with Crippen molar-refractivity contribution in [1.82, 2.24) is 10.2 Å². The minimum Gasteiger partial charge on any atom is -0.444 e. The quantitative estimate of drug-likeness (QED) is 0.216. The highest BCUT2D eigenvalue weighted by atomic mass is 16.6. The number of nitrogens with one attached hydrogen (secondary N) is 2. The zero-order chi connectivity index (χ0) is 30.0. The number of nitrogens with zero attached hydrogens (tertiary/aromatic N) is 1. The SMILES string of the molecule is C#Cc1ccccc1C(C(=O)Nc1ccc2ccccc2c1)N(CCCCC)C(=O)C(CO)NC(=O)OC(C)(C)C. The maximum absolute atomic E-state index is 14.1. The molecule has 8 heteroatoms. The minimum atomic E-state index is -1.33. The first-order valence-electron chi connectivity index (χ1n) is 13.8. The van der Waals surface area contributed by atoms with E-state index in [0.717, 1.165) is 23.6 Å². The summed E-state index contributed by atoms with van der Waals surface area (Å²) in [6, 6.07) is 17.8. The summed E-state index contributed by atoms with van der Waals surface area (Å²) in [4.78, 5) is 42.0. The summed E-state index contributed by atoms with van der Waals surface area (Å²) in [5, 5.41) is 17.5. The Labute approximate surface area is 242 Å². The van der Waals surface area contributed by atoms with Crippen LogP contribution in [0.5, 0.6) is 0 Å². The summed E-state index contributed by atoms with van der Waals surface area (Å²) in [6.45, 7) is 6.65. The molecule has 0 saturated heterocycles. The van der Waals surface area contributed by atoms with Crippen LogP contribution in [-0.2, 0) is 14.3 Å². The van der Waals surface area contributed by atoms with Crippen LogP contribution >= 0.6 is 0 Å². The number of ether oxygens (including phenoxy) is 1. The lowest BCUT2D eigenvalue weighted by molar-refractivity contribution is -0.141. The first-order valence-corrected chi connectivity index (χ1v) is 13.8. The van der Waals surface area contributed by atoms with Crippen molar-refractivity contribution in [3.05, 3.63) is 77.9 Å². The van der Waals surface area contributed by atoms with Crippen molar-refractivity contribution < 1.29 is 24.2 Å². The molecule has 0 aliphatic carbocycles. The van der Waals surface area contributed by atoms with E-state index < -0.39 is 42.2 Å². The second kappa shape index (κ2) is 14.3. The molecule has 41 heavy (non-hydrogen) atoms. The van der Waals surface area contributed by atoms with Crippen molar-refractivity contribution in [3.8, 4) is 12.3 Å². The molecule has 0 spiro atoms. The van der Waals surface area contributed by atoms with Gasteiger partial charge in [-0.2, -0.15) is 0 Å². The van der Waals surface area contributed by atoms with Crippen molar-refractivity contribution in [3.63, 3.8) is 0 Å². The molecule has 8 nitrogen and oxygen atoms in total. The number of anilines is 1. The van der Waals surface area contributed by atoms with E-state index in [0.29, 0.717) is 23.2 Å². The number of amides is 3. The van der Waals surface area contributed by atoms with E-state index in [4.69, 9.17) is 11.2 Å². The summed E-state index contributed by atoms with van der Waals surface area (Å²) >= 11 is 0. The topological polar surface area (TPSA) is 108 Å². The number of fused-ring (bicyclic) bond motifs is 1. The number of hydrogen-bond acceptors (Lipinski definition) is 5. The average molecular weight is 558 g/mol. The lowest BCUT2D eigenvalue weighted by Gasteiger charge is -2.34. The molecule has 0 bridgehead atoms. The van der Waals surface area contributed by atoms with Gasteiger partial charge in [-0.1, -0.05) is 74.2 Å². The number of aliphatic hydroxyl groups excluding tert-OH is 1. The highest BCUT2D eigenvalue weighted by Crippen LogP contribution is 2.28. The van der Waals surface area contributed by atoms with E-state index >= 15 is 0 Å². The number of carbonyl (C=O) groups is 3. The Bertz CT molecular complexity index is 1410. The summed E-state index contributed by atoms with van der Waals surface area (Å²) in [5.74, 6) is 1.53. The van der Waals surface area contributed by atoms with Gasteiger partial charge in [0.15, 0.2) is 0 Å². The fraction of sp³-hybridized carbons (Fsp3) is 0.364. The van der Waals surface area contributed by atoms with Crippen LogP contribution in [0.1, 0.15) is 64.1 Å². The molecule has 0 heterocycles. The van der Waals surface area contributed by atoms with Gasteiger partial charge in [0.1, 0.15) is 17.7 Å². The van der Waals surface area contributed by atoms with Crippen LogP contribution in [0.3, 0.4) is 0 Å². The summed E-state index contributed by atoms with van der Waals surface area (Å²) in [6.07, 6.45) is 7.26. The number of terminal acetylenes is 1. The molecule has 0 fully saturated rings. The van der Waals surface area contributed by atoms with Gasteiger partial charge < -0.3 is 25.4 Å². The Balaban J connectivity index is 2.04. The van der Waals surface area contributed by atoms with Gasteiger partial charge in [0.05, 0.1) is 6.61 Å². The molecule has 2 unspecified atom stereocenters. The van der Waals surface area contributed by atoms with Crippen LogP contribution in [-0.4, -0.2) is 52.7 Å². The smallest absolute Gasteiger partial charge is 0.408 e. The number of benzene rings is 3. The standard InChI is InChI=1S/C33H39N3O5/c1-6-8-13-20-36(31(39)28(22-37)35-32(40)41-33(3,4)5)29(27-17-12-11-14-23(27)7-2)30(38)34-26-19-18-24-15-9-10-16-25(24)21-26/h2,9-12,14-19,21,28-29,37H,6,8,13,20,22H2,1,3-5H3,(H,34,38)(H,35,40). The first kappa shape index (κ1) is 31.2. The number of carbonyl (C=O) groups excluding carboxylic acids is 3. The zero-order valence-corrected chi connectivity index (χ0v) is 24.1. The number of alkyl carbamates (subject to hydrolysis) is 1.